The van der Waals surface area contributed by atoms with Crippen LogP contribution in [0.2, 0.25) is 0 Å². The van der Waals surface area contributed by atoms with E-state index < -0.39 is 0 Å². The van der Waals surface area contributed by atoms with Gasteiger partial charge in [-0.25, -0.2) is 0 Å². The minimum absolute atomic E-state index is 0. The van der Waals surface area contributed by atoms with E-state index >= 15 is 0 Å². The van der Waals surface area contributed by atoms with Gasteiger partial charge in [-0.15, -0.1) is 24.8 Å². The van der Waals surface area contributed by atoms with Crippen molar-refractivity contribution >= 4 is 24.8 Å². The SMILES string of the molecule is Cl.Cl.NCc1nc(CN2CCC(CN3CCCC3)CC2)no1. The number of piperidine rings is 1. The fraction of sp³-hybridized carbons (Fsp3) is 0.857. The quantitative estimate of drug-likeness (QED) is 0.869. The molecular weight excluding hydrogens is 325 g/mol. The van der Waals surface area contributed by atoms with Crippen molar-refractivity contribution in [1.82, 2.24) is 19.9 Å². The maximum atomic E-state index is 5.48. The molecule has 22 heavy (non-hydrogen) atoms. The molecule has 0 aromatic carbocycles. The lowest BCUT2D eigenvalue weighted by Gasteiger charge is -2.33. The second-order valence-electron chi connectivity index (χ2n) is 6.04. The van der Waals surface area contributed by atoms with Crippen molar-refractivity contribution in [2.45, 2.75) is 38.8 Å². The summed E-state index contributed by atoms with van der Waals surface area (Å²) in [6, 6.07) is 0. The lowest BCUT2D eigenvalue weighted by molar-refractivity contribution is 0.145. The second kappa shape index (κ2) is 9.67. The Hall–Kier alpha value is -0.400. The second-order valence-corrected chi connectivity index (χ2v) is 6.04. The summed E-state index contributed by atoms with van der Waals surface area (Å²) in [4.78, 5) is 9.33. The van der Waals surface area contributed by atoms with E-state index in [4.69, 9.17) is 10.3 Å². The molecule has 2 N–H and O–H groups in total. The third-order valence-electron chi connectivity index (χ3n) is 4.47. The van der Waals surface area contributed by atoms with Gasteiger partial charge in [0, 0.05) is 6.54 Å². The molecule has 0 radical (unpaired) electrons. The third-order valence-corrected chi connectivity index (χ3v) is 4.47. The van der Waals surface area contributed by atoms with Gasteiger partial charge in [-0.3, -0.25) is 4.90 Å². The first kappa shape index (κ1) is 19.6. The highest BCUT2D eigenvalue weighted by atomic mass is 35.5. The van der Waals surface area contributed by atoms with Crippen LogP contribution in [0.1, 0.15) is 37.4 Å². The zero-order valence-corrected chi connectivity index (χ0v) is 14.6. The van der Waals surface area contributed by atoms with Crippen molar-refractivity contribution in [2.24, 2.45) is 11.7 Å². The van der Waals surface area contributed by atoms with Gasteiger partial charge in [-0.05, 0) is 57.8 Å². The Kier molecular flexibility index (Phi) is 8.64. The molecule has 0 saturated carbocycles. The number of rotatable bonds is 5. The zero-order chi connectivity index (χ0) is 13.8. The molecule has 2 fully saturated rings. The highest BCUT2D eigenvalue weighted by molar-refractivity contribution is 5.85. The maximum absolute atomic E-state index is 5.48. The summed E-state index contributed by atoms with van der Waals surface area (Å²) >= 11 is 0. The molecule has 1 aromatic rings. The summed E-state index contributed by atoms with van der Waals surface area (Å²) in [6.45, 7) is 7.32. The van der Waals surface area contributed by atoms with Gasteiger partial charge in [0.1, 0.15) is 0 Å². The van der Waals surface area contributed by atoms with Crippen molar-refractivity contribution in [3.63, 3.8) is 0 Å². The highest BCUT2D eigenvalue weighted by Crippen LogP contribution is 2.21. The van der Waals surface area contributed by atoms with Crippen LogP contribution in [0.4, 0.5) is 0 Å². The summed E-state index contributed by atoms with van der Waals surface area (Å²) < 4.78 is 5.05. The number of nitrogens with two attached hydrogens (primary N) is 1. The van der Waals surface area contributed by atoms with Gasteiger partial charge in [-0.1, -0.05) is 5.16 Å². The van der Waals surface area contributed by atoms with Crippen molar-refractivity contribution < 1.29 is 4.52 Å². The minimum Gasteiger partial charge on any atom is -0.338 e. The summed E-state index contributed by atoms with van der Waals surface area (Å²) in [5, 5.41) is 3.97. The van der Waals surface area contributed by atoms with Gasteiger partial charge in [-0.2, -0.15) is 4.98 Å². The average Bonchev–Trinajstić information content (AvgIpc) is 3.12. The van der Waals surface area contributed by atoms with Gasteiger partial charge in [0.05, 0.1) is 13.1 Å². The smallest absolute Gasteiger partial charge is 0.240 e. The molecule has 3 heterocycles. The van der Waals surface area contributed by atoms with Crippen LogP contribution in [0.25, 0.3) is 0 Å². The molecule has 2 aliphatic rings. The monoisotopic (exact) mass is 351 g/mol. The van der Waals surface area contributed by atoms with E-state index in [1.165, 1.54) is 45.3 Å². The van der Waals surface area contributed by atoms with Crippen molar-refractivity contribution in [3.8, 4) is 0 Å². The molecule has 6 nitrogen and oxygen atoms in total. The lowest BCUT2D eigenvalue weighted by Crippen LogP contribution is -2.37. The van der Waals surface area contributed by atoms with Crippen molar-refractivity contribution in [2.75, 3.05) is 32.7 Å². The first-order valence-corrected chi connectivity index (χ1v) is 7.79. The average molecular weight is 352 g/mol. The molecule has 0 bridgehead atoms. The van der Waals surface area contributed by atoms with Crippen molar-refractivity contribution in [3.05, 3.63) is 11.7 Å². The van der Waals surface area contributed by atoms with E-state index in [1.807, 2.05) is 0 Å². The molecule has 128 valence electrons. The van der Waals surface area contributed by atoms with Crippen LogP contribution >= 0.6 is 24.8 Å². The summed E-state index contributed by atoms with van der Waals surface area (Å²) in [5.41, 5.74) is 5.48. The normalized spacial score (nSPS) is 20.6. The fourth-order valence-electron chi connectivity index (χ4n) is 3.29. The van der Waals surface area contributed by atoms with Gasteiger partial charge >= 0.3 is 0 Å². The van der Waals surface area contributed by atoms with Gasteiger partial charge in [0.25, 0.3) is 0 Å². The van der Waals surface area contributed by atoms with Crippen LogP contribution in [-0.4, -0.2) is 52.7 Å². The largest absolute Gasteiger partial charge is 0.338 e. The predicted octanol–water partition coefficient (Wildman–Crippen LogP) is 1.68. The van der Waals surface area contributed by atoms with E-state index in [2.05, 4.69) is 19.9 Å². The van der Waals surface area contributed by atoms with Gasteiger partial charge < -0.3 is 15.2 Å². The third kappa shape index (κ3) is 5.35. The minimum atomic E-state index is 0. The first-order chi connectivity index (χ1) is 9.83. The predicted molar refractivity (Wildman–Crippen MR) is 90.4 cm³/mol. The van der Waals surface area contributed by atoms with Gasteiger partial charge in [0.2, 0.25) is 5.89 Å². The van der Waals surface area contributed by atoms with E-state index in [0.29, 0.717) is 12.4 Å². The Morgan fingerprint density at radius 2 is 1.73 bits per heavy atom. The van der Waals surface area contributed by atoms with Crippen LogP contribution in [0.5, 0.6) is 0 Å². The van der Waals surface area contributed by atoms with E-state index in [9.17, 15) is 0 Å². The molecule has 2 saturated heterocycles. The fourth-order valence-corrected chi connectivity index (χ4v) is 3.29. The van der Waals surface area contributed by atoms with Crippen LogP contribution in [0.15, 0.2) is 4.52 Å². The van der Waals surface area contributed by atoms with Crippen molar-refractivity contribution in [1.29, 1.82) is 0 Å². The molecule has 2 aliphatic heterocycles. The Morgan fingerprint density at radius 3 is 2.32 bits per heavy atom. The van der Waals surface area contributed by atoms with Crippen LogP contribution in [0, 0.1) is 5.92 Å². The number of nitrogens with zero attached hydrogens (tertiary/aromatic N) is 4. The number of aromatic nitrogens is 2. The number of likely N-dealkylation sites (tertiary alicyclic amines) is 2. The number of halogens is 2. The van der Waals surface area contributed by atoms with Crippen LogP contribution < -0.4 is 5.73 Å². The molecule has 1 aromatic heterocycles. The summed E-state index contributed by atoms with van der Waals surface area (Å²) in [6.07, 6.45) is 5.36. The molecule has 8 heteroatoms. The maximum Gasteiger partial charge on any atom is 0.240 e. The van der Waals surface area contributed by atoms with E-state index in [1.54, 1.807) is 0 Å². The molecule has 0 amide bonds. The first-order valence-electron chi connectivity index (χ1n) is 7.79. The van der Waals surface area contributed by atoms with Crippen LogP contribution in [0.3, 0.4) is 0 Å². The van der Waals surface area contributed by atoms with E-state index in [0.717, 1.165) is 31.4 Å². The Balaban J connectivity index is 0.00000121. The Bertz CT molecular complexity index is 417. The van der Waals surface area contributed by atoms with Gasteiger partial charge in [0.15, 0.2) is 5.82 Å². The topological polar surface area (TPSA) is 71.4 Å². The van der Waals surface area contributed by atoms with Crippen LogP contribution in [-0.2, 0) is 13.1 Å². The molecule has 0 aliphatic carbocycles. The summed E-state index contributed by atoms with van der Waals surface area (Å²) in [5.74, 6) is 2.17. The number of hydrogen-bond donors (Lipinski definition) is 1. The summed E-state index contributed by atoms with van der Waals surface area (Å²) in [7, 11) is 0. The Labute approximate surface area is 144 Å². The Morgan fingerprint density at radius 1 is 1.05 bits per heavy atom. The molecule has 0 spiro atoms. The highest BCUT2D eigenvalue weighted by Gasteiger charge is 2.23. The molecule has 0 atom stereocenters. The van der Waals surface area contributed by atoms with E-state index in [-0.39, 0.29) is 24.8 Å². The lowest BCUT2D eigenvalue weighted by atomic mass is 9.96. The molecule has 3 rings (SSSR count). The number of hydrogen-bond acceptors (Lipinski definition) is 6. The molecule has 0 unspecified atom stereocenters. The molecular formula is C14H27Cl2N5O. The standard InChI is InChI=1S/C14H25N5O.2ClH/c15-9-14-16-13(17-20-14)11-19-7-3-12(4-8-19)10-18-5-1-2-6-18;;/h12H,1-11,15H2;2*1H. The zero-order valence-electron chi connectivity index (χ0n) is 12.9.